The molecule has 0 bridgehead atoms. The molecule has 0 saturated carbocycles. The van der Waals surface area contributed by atoms with Gasteiger partial charge < -0.3 is 4.57 Å². The fourth-order valence-electron chi connectivity index (χ4n) is 1.56. The van der Waals surface area contributed by atoms with Gasteiger partial charge in [-0.3, -0.25) is 0 Å². The van der Waals surface area contributed by atoms with Crippen LogP contribution in [0.3, 0.4) is 0 Å². The lowest BCUT2D eigenvalue weighted by molar-refractivity contribution is 0.411. The average molecular weight is 216 g/mol. The summed E-state index contributed by atoms with van der Waals surface area (Å²) in [5.74, 6) is 1.66. The molecule has 0 atom stereocenters. The second-order valence-electron chi connectivity index (χ2n) is 3.53. The molecule has 0 unspecified atom stereocenters. The molecule has 0 aliphatic carbocycles. The first-order valence-corrected chi connectivity index (χ1v) is 5.68. The number of hydrogen-bond donors (Lipinski definition) is 0. The summed E-state index contributed by atoms with van der Waals surface area (Å²) in [6.07, 6.45) is 3.24. The lowest BCUT2D eigenvalue weighted by Crippen LogP contribution is -2.12. The second kappa shape index (κ2) is 5.35. The molecule has 0 amide bonds. The lowest BCUT2D eigenvalue weighted by Gasteiger charge is -2.14. The zero-order valence-corrected chi connectivity index (χ0v) is 9.88. The Morgan fingerprint density at radius 2 is 1.86 bits per heavy atom. The Kier molecular flexibility index (Phi) is 4.39. The van der Waals surface area contributed by atoms with Crippen LogP contribution in [0.2, 0.25) is 5.28 Å². The number of nitrogens with zero attached hydrogens (tertiary/aromatic N) is 3. The largest absolute Gasteiger partial charge is 0.302 e. The molecule has 0 radical (unpaired) electrons. The van der Waals surface area contributed by atoms with Crippen molar-refractivity contribution in [3.63, 3.8) is 0 Å². The third kappa shape index (κ3) is 2.47. The van der Waals surface area contributed by atoms with Gasteiger partial charge in [0.15, 0.2) is 0 Å². The summed E-state index contributed by atoms with van der Waals surface area (Å²) in [5, 5.41) is 8.45. The first-order chi connectivity index (χ1) is 6.72. The van der Waals surface area contributed by atoms with Crippen molar-refractivity contribution < 1.29 is 0 Å². The molecule has 0 aromatic carbocycles. The van der Waals surface area contributed by atoms with Crippen LogP contribution in [0.15, 0.2) is 0 Å². The quantitative estimate of drug-likeness (QED) is 0.756. The third-order valence-electron chi connectivity index (χ3n) is 2.69. The maximum absolute atomic E-state index is 5.97. The number of aromatic nitrogens is 3. The predicted octanol–water partition coefficient (Wildman–Crippen LogP) is 2.93. The van der Waals surface area contributed by atoms with Crippen molar-refractivity contribution >= 4 is 11.6 Å². The van der Waals surface area contributed by atoms with Gasteiger partial charge in [-0.25, -0.2) is 0 Å². The fraction of sp³-hybridized carbons (Fsp3) is 0.800. The molecule has 0 spiro atoms. The maximum Gasteiger partial charge on any atom is 0.225 e. The van der Waals surface area contributed by atoms with Crippen molar-refractivity contribution in [1.29, 1.82) is 0 Å². The SMILES string of the molecule is CCc1nnc(Cl)n1CC(CC)CC. The average Bonchev–Trinajstić information content (AvgIpc) is 2.56. The standard InChI is InChI=1S/C10H18ClN3/c1-4-8(5-2)7-14-9(6-3)12-13-10(14)11/h8H,4-7H2,1-3H3. The van der Waals surface area contributed by atoms with Gasteiger partial charge in [0.1, 0.15) is 5.82 Å². The number of rotatable bonds is 5. The van der Waals surface area contributed by atoms with Crippen LogP contribution in [0.4, 0.5) is 0 Å². The Morgan fingerprint density at radius 3 is 2.36 bits per heavy atom. The van der Waals surface area contributed by atoms with Crippen molar-refractivity contribution in [1.82, 2.24) is 14.8 Å². The molecule has 0 aliphatic heterocycles. The molecule has 1 heterocycles. The highest BCUT2D eigenvalue weighted by Gasteiger charge is 2.12. The van der Waals surface area contributed by atoms with Gasteiger partial charge in [-0.1, -0.05) is 33.6 Å². The van der Waals surface area contributed by atoms with Gasteiger partial charge in [0, 0.05) is 13.0 Å². The van der Waals surface area contributed by atoms with Gasteiger partial charge >= 0.3 is 0 Å². The van der Waals surface area contributed by atoms with E-state index < -0.39 is 0 Å². The topological polar surface area (TPSA) is 30.7 Å². The van der Waals surface area contributed by atoms with Gasteiger partial charge in [0.2, 0.25) is 5.28 Å². The number of hydrogen-bond acceptors (Lipinski definition) is 2. The summed E-state index contributed by atoms with van der Waals surface area (Å²) in [4.78, 5) is 0. The Morgan fingerprint density at radius 1 is 1.21 bits per heavy atom. The zero-order chi connectivity index (χ0) is 10.6. The van der Waals surface area contributed by atoms with E-state index in [1.807, 2.05) is 4.57 Å². The molecule has 1 aromatic heterocycles. The van der Waals surface area contributed by atoms with Crippen molar-refractivity contribution in [2.45, 2.75) is 46.6 Å². The predicted molar refractivity (Wildman–Crippen MR) is 58.5 cm³/mol. The normalized spacial score (nSPS) is 11.2. The summed E-state index contributed by atoms with van der Waals surface area (Å²) in [7, 11) is 0. The van der Waals surface area contributed by atoms with Crippen LogP contribution in [0.25, 0.3) is 0 Å². The minimum atomic E-state index is 0.522. The van der Waals surface area contributed by atoms with Gasteiger partial charge in [0.05, 0.1) is 0 Å². The third-order valence-corrected chi connectivity index (χ3v) is 2.97. The van der Waals surface area contributed by atoms with Crippen molar-refractivity contribution in [2.75, 3.05) is 0 Å². The van der Waals surface area contributed by atoms with E-state index in [4.69, 9.17) is 11.6 Å². The molecule has 3 nitrogen and oxygen atoms in total. The van der Waals surface area contributed by atoms with Crippen molar-refractivity contribution in [3.05, 3.63) is 11.1 Å². The van der Waals surface area contributed by atoms with Gasteiger partial charge in [0.25, 0.3) is 0 Å². The first kappa shape index (κ1) is 11.5. The van der Waals surface area contributed by atoms with Crippen molar-refractivity contribution in [3.8, 4) is 0 Å². The minimum Gasteiger partial charge on any atom is -0.302 e. The molecule has 80 valence electrons. The summed E-state index contributed by atoms with van der Waals surface area (Å²) in [5.41, 5.74) is 0. The van der Waals surface area contributed by atoms with Gasteiger partial charge in [-0.2, -0.15) is 0 Å². The van der Waals surface area contributed by atoms with E-state index in [0.29, 0.717) is 11.2 Å². The molecule has 14 heavy (non-hydrogen) atoms. The van der Waals surface area contributed by atoms with Crippen LogP contribution in [0, 0.1) is 5.92 Å². The van der Waals surface area contributed by atoms with Gasteiger partial charge in [-0.05, 0) is 17.5 Å². The van der Waals surface area contributed by atoms with Crippen LogP contribution >= 0.6 is 11.6 Å². The summed E-state index contributed by atoms with van der Waals surface area (Å²) < 4.78 is 2.03. The highest BCUT2D eigenvalue weighted by Crippen LogP contribution is 2.16. The monoisotopic (exact) mass is 215 g/mol. The van der Waals surface area contributed by atoms with E-state index in [1.165, 1.54) is 12.8 Å². The van der Waals surface area contributed by atoms with Crippen LogP contribution in [-0.2, 0) is 13.0 Å². The Bertz CT molecular complexity index is 279. The Hall–Kier alpha value is -0.570. The molecule has 0 aliphatic rings. The van der Waals surface area contributed by atoms with E-state index in [1.54, 1.807) is 0 Å². The molecule has 4 heteroatoms. The zero-order valence-electron chi connectivity index (χ0n) is 9.13. The fourth-order valence-corrected chi connectivity index (χ4v) is 1.77. The van der Waals surface area contributed by atoms with Crippen LogP contribution in [0.5, 0.6) is 0 Å². The van der Waals surface area contributed by atoms with Crippen LogP contribution < -0.4 is 0 Å². The van der Waals surface area contributed by atoms with E-state index in [-0.39, 0.29) is 0 Å². The summed E-state index contributed by atoms with van der Waals surface area (Å²) in [6, 6.07) is 0. The molecule has 0 saturated heterocycles. The highest BCUT2D eigenvalue weighted by atomic mass is 35.5. The first-order valence-electron chi connectivity index (χ1n) is 5.30. The van der Waals surface area contributed by atoms with E-state index in [2.05, 4.69) is 31.0 Å². The molecule has 0 fully saturated rings. The Labute approximate surface area is 90.5 Å². The van der Waals surface area contributed by atoms with Crippen LogP contribution in [-0.4, -0.2) is 14.8 Å². The molecule has 1 aromatic rings. The summed E-state index contributed by atoms with van der Waals surface area (Å²) in [6.45, 7) is 7.43. The number of halogens is 1. The molecular weight excluding hydrogens is 198 g/mol. The number of aryl methyl sites for hydroxylation is 1. The minimum absolute atomic E-state index is 0.522. The molecule has 0 N–H and O–H groups in total. The summed E-state index contributed by atoms with van der Waals surface area (Å²) >= 11 is 5.97. The van der Waals surface area contributed by atoms with E-state index in [0.717, 1.165) is 18.8 Å². The molecule has 1 rings (SSSR count). The van der Waals surface area contributed by atoms with Gasteiger partial charge in [-0.15, -0.1) is 10.2 Å². The van der Waals surface area contributed by atoms with E-state index in [9.17, 15) is 0 Å². The van der Waals surface area contributed by atoms with Crippen LogP contribution in [0.1, 0.15) is 39.4 Å². The Balaban J connectivity index is 2.77. The smallest absolute Gasteiger partial charge is 0.225 e. The van der Waals surface area contributed by atoms with Crippen molar-refractivity contribution in [2.24, 2.45) is 5.92 Å². The van der Waals surface area contributed by atoms with E-state index >= 15 is 0 Å². The lowest BCUT2D eigenvalue weighted by atomic mass is 10.0. The second-order valence-corrected chi connectivity index (χ2v) is 3.87. The molecular formula is C10H18ClN3. The highest BCUT2D eigenvalue weighted by molar-refractivity contribution is 6.28. The maximum atomic E-state index is 5.97.